The summed E-state index contributed by atoms with van der Waals surface area (Å²) in [6, 6.07) is 5.34. The highest BCUT2D eigenvalue weighted by Gasteiger charge is 2.24. The molecule has 1 fully saturated rings. The zero-order chi connectivity index (χ0) is 22.1. The van der Waals surface area contributed by atoms with Crippen molar-refractivity contribution in [3.8, 4) is 0 Å². The van der Waals surface area contributed by atoms with Crippen molar-refractivity contribution in [2.24, 2.45) is 0 Å². The van der Waals surface area contributed by atoms with Crippen LogP contribution in [0.2, 0.25) is 0 Å². The monoisotopic (exact) mass is 431 g/mol. The summed E-state index contributed by atoms with van der Waals surface area (Å²) in [5.74, 6) is 0.904. The molecule has 3 heterocycles. The molecule has 0 aliphatic carbocycles. The molecule has 1 saturated heterocycles. The summed E-state index contributed by atoms with van der Waals surface area (Å²) in [5.41, 5.74) is 0.192. The van der Waals surface area contributed by atoms with Crippen LogP contribution in [0.25, 0.3) is 10.9 Å². The highest BCUT2D eigenvalue weighted by Crippen LogP contribution is 2.31. The molecule has 1 aromatic carbocycles. The van der Waals surface area contributed by atoms with Gasteiger partial charge in [-0.25, -0.2) is 28.1 Å². The van der Waals surface area contributed by atoms with Gasteiger partial charge in [0.1, 0.15) is 23.3 Å². The molecular weight excluding hydrogens is 407 g/mol. The first-order valence-electron chi connectivity index (χ1n) is 10.1. The number of ether oxygens (including phenoxy) is 1. The number of hydrogen-bond donors (Lipinski definition) is 1. The van der Waals surface area contributed by atoms with E-state index in [9.17, 15) is 13.2 Å². The maximum atomic E-state index is 14.6. The summed E-state index contributed by atoms with van der Waals surface area (Å²) in [7, 11) is 1.70. The van der Waals surface area contributed by atoms with E-state index in [0.717, 1.165) is 36.8 Å². The fourth-order valence-electron chi connectivity index (χ4n) is 3.90. The second-order valence-electron chi connectivity index (χ2n) is 7.69. The first-order chi connectivity index (χ1) is 14.9. The number of fused-ring (bicyclic) bond motifs is 1. The molecule has 0 saturated carbocycles. The van der Waals surface area contributed by atoms with E-state index >= 15 is 0 Å². The van der Waals surface area contributed by atoms with E-state index in [0.29, 0.717) is 17.2 Å². The Kier molecular flexibility index (Phi) is 5.95. The average molecular weight is 431 g/mol. The Balaban J connectivity index is 1.68. The Morgan fingerprint density at radius 1 is 1.23 bits per heavy atom. The van der Waals surface area contributed by atoms with Gasteiger partial charge in [0.25, 0.3) is 6.43 Å². The minimum atomic E-state index is -2.88. The van der Waals surface area contributed by atoms with Crippen LogP contribution in [0.5, 0.6) is 0 Å². The smallest absolute Gasteiger partial charge is 0.266 e. The molecule has 1 aliphatic heterocycles. The van der Waals surface area contributed by atoms with Crippen LogP contribution < -0.4 is 10.2 Å². The van der Waals surface area contributed by atoms with Crippen molar-refractivity contribution >= 4 is 22.5 Å². The summed E-state index contributed by atoms with van der Waals surface area (Å²) in [4.78, 5) is 15.6. The number of halogens is 3. The van der Waals surface area contributed by atoms with Gasteiger partial charge < -0.3 is 15.0 Å². The Hall–Kier alpha value is -2.94. The molecule has 3 aromatic rings. The lowest BCUT2D eigenvalue weighted by molar-refractivity contribution is 0.121. The van der Waals surface area contributed by atoms with Gasteiger partial charge in [-0.3, -0.25) is 0 Å². The van der Waals surface area contributed by atoms with E-state index in [-0.39, 0.29) is 11.7 Å². The van der Waals surface area contributed by atoms with Crippen molar-refractivity contribution in [2.45, 2.75) is 38.8 Å². The van der Waals surface area contributed by atoms with Crippen LogP contribution in [-0.4, -0.2) is 41.3 Å². The molecule has 1 N–H and O–H groups in total. The molecule has 2 atom stereocenters. The topological polar surface area (TPSA) is 63.2 Å². The maximum absolute atomic E-state index is 14.6. The van der Waals surface area contributed by atoms with Gasteiger partial charge in [-0.2, -0.15) is 0 Å². The summed E-state index contributed by atoms with van der Waals surface area (Å²) in [6.45, 7) is 5.04. The van der Waals surface area contributed by atoms with Crippen molar-refractivity contribution < 1.29 is 17.9 Å². The van der Waals surface area contributed by atoms with Crippen LogP contribution in [-0.2, 0) is 4.74 Å². The molecule has 6 nitrogen and oxygen atoms in total. The fraction of sp³-hybridized carbons (Fsp3) is 0.409. The van der Waals surface area contributed by atoms with Crippen LogP contribution in [0.3, 0.4) is 0 Å². The maximum Gasteiger partial charge on any atom is 0.266 e. The first kappa shape index (κ1) is 21.3. The van der Waals surface area contributed by atoms with E-state index in [1.165, 1.54) is 12.1 Å². The lowest BCUT2D eigenvalue weighted by atomic mass is 10.0. The zero-order valence-electron chi connectivity index (χ0n) is 17.6. The van der Waals surface area contributed by atoms with E-state index in [4.69, 9.17) is 4.74 Å². The molecule has 0 radical (unpaired) electrons. The highest BCUT2D eigenvalue weighted by molar-refractivity contribution is 5.90. The van der Waals surface area contributed by atoms with Crippen LogP contribution >= 0.6 is 0 Å². The van der Waals surface area contributed by atoms with Gasteiger partial charge >= 0.3 is 0 Å². The van der Waals surface area contributed by atoms with Gasteiger partial charge in [0, 0.05) is 31.1 Å². The normalized spacial score (nSPS) is 17.5. The lowest BCUT2D eigenvalue weighted by Gasteiger charge is -2.20. The number of nitrogens with one attached hydrogen (secondary N) is 1. The van der Waals surface area contributed by atoms with Crippen molar-refractivity contribution in [2.75, 3.05) is 30.4 Å². The SMILES string of the molecule is CO[C@H]1CCN(c2cc3c(N[C@H](C)c4cccc(C(F)F)c4F)nc(C)nc3cn2)C1. The van der Waals surface area contributed by atoms with Crippen LogP contribution in [0, 0.1) is 12.7 Å². The largest absolute Gasteiger partial charge is 0.380 e. The molecule has 0 amide bonds. The Morgan fingerprint density at radius 3 is 2.71 bits per heavy atom. The fourth-order valence-corrected chi connectivity index (χ4v) is 3.90. The van der Waals surface area contributed by atoms with Crippen molar-refractivity contribution in [3.63, 3.8) is 0 Å². The van der Waals surface area contributed by atoms with Gasteiger partial charge in [0.15, 0.2) is 0 Å². The van der Waals surface area contributed by atoms with Crippen molar-refractivity contribution in [3.05, 3.63) is 53.2 Å². The molecule has 1 aliphatic rings. The third kappa shape index (κ3) is 4.27. The van der Waals surface area contributed by atoms with Gasteiger partial charge in [0.2, 0.25) is 0 Å². The first-order valence-corrected chi connectivity index (χ1v) is 10.1. The number of anilines is 2. The summed E-state index contributed by atoms with van der Waals surface area (Å²) >= 11 is 0. The number of pyridine rings is 1. The summed E-state index contributed by atoms with van der Waals surface area (Å²) in [6.07, 6.45) is -0.107. The van der Waals surface area contributed by atoms with Crippen LogP contribution in [0.1, 0.15) is 42.8 Å². The highest BCUT2D eigenvalue weighted by atomic mass is 19.3. The third-order valence-electron chi connectivity index (χ3n) is 5.60. The number of alkyl halides is 2. The molecule has 4 rings (SSSR count). The summed E-state index contributed by atoms with van der Waals surface area (Å²) < 4.78 is 46.3. The minimum absolute atomic E-state index is 0.152. The van der Waals surface area contributed by atoms with Crippen LogP contribution in [0.4, 0.5) is 24.8 Å². The second-order valence-corrected chi connectivity index (χ2v) is 7.69. The average Bonchev–Trinajstić information content (AvgIpc) is 3.22. The Bertz CT molecular complexity index is 1090. The summed E-state index contributed by atoms with van der Waals surface area (Å²) in [5, 5.41) is 3.91. The van der Waals surface area contributed by atoms with Gasteiger partial charge in [-0.15, -0.1) is 0 Å². The zero-order valence-corrected chi connectivity index (χ0v) is 17.6. The van der Waals surface area contributed by atoms with Crippen molar-refractivity contribution in [1.82, 2.24) is 15.0 Å². The predicted octanol–water partition coefficient (Wildman–Crippen LogP) is 4.81. The number of aromatic nitrogens is 3. The minimum Gasteiger partial charge on any atom is -0.380 e. The second kappa shape index (κ2) is 8.66. The molecule has 0 unspecified atom stereocenters. The third-order valence-corrected chi connectivity index (χ3v) is 5.60. The van der Waals surface area contributed by atoms with Gasteiger partial charge in [-0.1, -0.05) is 18.2 Å². The van der Waals surface area contributed by atoms with E-state index in [1.54, 1.807) is 27.2 Å². The van der Waals surface area contributed by atoms with E-state index in [1.807, 2.05) is 6.07 Å². The van der Waals surface area contributed by atoms with Crippen LogP contribution in [0.15, 0.2) is 30.5 Å². The molecule has 31 heavy (non-hydrogen) atoms. The number of methoxy groups -OCH3 is 1. The number of hydrogen-bond acceptors (Lipinski definition) is 6. The van der Waals surface area contributed by atoms with Gasteiger partial charge in [-0.05, 0) is 26.3 Å². The molecule has 0 spiro atoms. The van der Waals surface area contributed by atoms with E-state index in [2.05, 4.69) is 25.2 Å². The van der Waals surface area contributed by atoms with E-state index < -0.39 is 23.8 Å². The Labute approximate surface area is 178 Å². The predicted molar refractivity (Wildman–Crippen MR) is 113 cm³/mol. The number of benzene rings is 1. The molecule has 164 valence electrons. The molecule has 9 heteroatoms. The van der Waals surface area contributed by atoms with Crippen molar-refractivity contribution in [1.29, 1.82) is 0 Å². The number of rotatable bonds is 6. The lowest BCUT2D eigenvalue weighted by Crippen LogP contribution is -2.23. The standard InChI is InChI=1S/C22H24F3N5O/c1-12(15-5-4-6-16(20(15)23)21(24)25)27-22-17-9-19(30-8-7-14(11-30)31-3)26-10-18(17)28-13(2)29-22/h4-6,9-10,12,14,21H,7-8,11H2,1-3H3,(H,27,28,29)/t12-,14+/m1/s1. The Morgan fingerprint density at radius 2 is 2.00 bits per heavy atom. The molecule has 2 aromatic heterocycles. The molecular formula is C22H24F3N5O. The number of aryl methyl sites for hydroxylation is 1. The number of nitrogens with zero attached hydrogens (tertiary/aromatic N) is 4. The quantitative estimate of drug-likeness (QED) is 0.605. The molecule has 0 bridgehead atoms. The van der Waals surface area contributed by atoms with Gasteiger partial charge in [0.05, 0.1) is 29.4 Å².